The number of anilines is 1. The van der Waals surface area contributed by atoms with E-state index >= 15 is 0 Å². The van der Waals surface area contributed by atoms with Gasteiger partial charge < -0.3 is 35.1 Å². The van der Waals surface area contributed by atoms with Gasteiger partial charge in [0, 0.05) is 47.7 Å². The molecule has 2 amide bonds. The molecule has 0 bridgehead atoms. The molecule has 0 atom stereocenters. The molecule has 1 aromatic heterocycles. The van der Waals surface area contributed by atoms with Crippen molar-refractivity contribution in [3.05, 3.63) is 91.9 Å². The van der Waals surface area contributed by atoms with E-state index in [4.69, 9.17) is 14.6 Å². The Morgan fingerprint density at radius 1 is 1.00 bits per heavy atom. The Balaban J connectivity index is 1.59. The van der Waals surface area contributed by atoms with Gasteiger partial charge in [0.2, 0.25) is 0 Å². The van der Waals surface area contributed by atoms with Gasteiger partial charge in [-0.3, -0.25) is 9.59 Å². The molecule has 4 rings (SSSR count). The highest BCUT2D eigenvalue weighted by atomic mass is 16.6. The lowest BCUT2D eigenvalue weighted by molar-refractivity contribution is 0.0491. The number of H-pyrrole nitrogens is 1. The van der Waals surface area contributed by atoms with E-state index in [0.29, 0.717) is 23.3 Å². The highest BCUT2D eigenvalue weighted by Gasteiger charge is 2.29. The lowest BCUT2D eigenvalue weighted by Crippen LogP contribution is -2.45. The van der Waals surface area contributed by atoms with Crippen molar-refractivity contribution in [1.29, 1.82) is 0 Å². The van der Waals surface area contributed by atoms with Crippen LogP contribution in [-0.4, -0.2) is 59.5 Å². The van der Waals surface area contributed by atoms with Crippen molar-refractivity contribution in [3.8, 4) is 5.75 Å². The molecule has 3 aromatic rings. The third-order valence-electron chi connectivity index (χ3n) is 8.80. The van der Waals surface area contributed by atoms with Gasteiger partial charge in [-0.25, -0.2) is 4.79 Å². The topological polar surface area (TPSA) is 133 Å². The molecule has 4 N–H and O–H groups in total. The van der Waals surface area contributed by atoms with Crippen LogP contribution in [0.1, 0.15) is 97.2 Å². The van der Waals surface area contributed by atoms with Gasteiger partial charge in [-0.15, -0.1) is 0 Å². The number of alkyl carbamates (subject to hydrolysis) is 1. The number of carbonyl (C=O) groups excluding carboxylic acids is 2. The second kappa shape index (κ2) is 16.2. The first kappa shape index (κ1) is 36.5. The molecule has 0 unspecified atom stereocenters. The summed E-state index contributed by atoms with van der Waals surface area (Å²) in [5.41, 5.74) is 5.94. The molecule has 1 saturated carbocycles. The Kier molecular flexibility index (Phi) is 12.3. The predicted octanol–water partition coefficient (Wildman–Crippen LogP) is 5.85. The van der Waals surface area contributed by atoms with E-state index in [1.807, 2.05) is 77.9 Å². The summed E-state index contributed by atoms with van der Waals surface area (Å²) in [6.45, 7) is 14.5. The van der Waals surface area contributed by atoms with E-state index in [9.17, 15) is 14.4 Å². The number of hydrogen-bond donors (Lipinski definition) is 4. The van der Waals surface area contributed by atoms with Crippen molar-refractivity contribution in [1.82, 2.24) is 15.6 Å². The number of aryl methyl sites for hydroxylation is 2. The van der Waals surface area contributed by atoms with Crippen molar-refractivity contribution in [2.24, 2.45) is 0 Å². The monoisotopic (exact) mass is 660 g/mol. The first-order valence-corrected chi connectivity index (χ1v) is 17.0. The molecule has 1 aliphatic rings. The van der Waals surface area contributed by atoms with Crippen LogP contribution in [0.5, 0.6) is 5.75 Å². The first-order valence-electron chi connectivity index (χ1n) is 17.0. The highest BCUT2D eigenvalue weighted by Crippen LogP contribution is 2.33. The van der Waals surface area contributed by atoms with E-state index < -0.39 is 5.60 Å². The highest BCUT2D eigenvalue weighted by molar-refractivity contribution is 5.97. The molecule has 10 nitrogen and oxygen atoms in total. The minimum atomic E-state index is -0.544. The van der Waals surface area contributed by atoms with Crippen molar-refractivity contribution in [2.45, 2.75) is 105 Å². The van der Waals surface area contributed by atoms with Crippen LogP contribution in [-0.2, 0) is 17.7 Å². The summed E-state index contributed by atoms with van der Waals surface area (Å²) in [4.78, 5) is 44.1. The van der Waals surface area contributed by atoms with Gasteiger partial charge in [0.15, 0.2) is 0 Å². The number of benzene rings is 2. The van der Waals surface area contributed by atoms with Crippen LogP contribution in [0.2, 0.25) is 0 Å². The minimum absolute atomic E-state index is 0.0492. The zero-order valence-electron chi connectivity index (χ0n) is 29.5. The fraction of sp³-hybridized carbons (Fsp3) is 0.500. The van der Waals surface area contributed by atoms with Crippen molar-refractivity contribution in [3.63, 3.8) is 0 Å². The summed E-state index contributed by atoms with van der Waals surface area (Å²) in [6.07, 6.45) is 3.68. The Morgan fingerprint density at radius 2 is 1.69 bits per heavy atom. The number of aliphatic hydroxyl groups excluding tert-OH is 1. The van der Waals surface area contributed by atoms with Gasteiger partial charge in [-0.1, -0.05) is 12.1 Å². The Bertz CT molecular complexity index is 1620. The number of carbonyl (C=O) groups is 2. The number of rotatable bonds is 12. The molecule has 0 radical (unpaired) electrons. The first-order chi connectivity index (χ1) is 22.8. The number of pyridine rings is 1. The summed E-state index contributed by atoms with van der Waals surface area (Å²) in [5.74, 6) is 0.455. The smallest absolute Gasteiger partial charge is 0.407 e. The maximum Gasteiger partial charge on any atom is 0.407 e. The Hall–Kier alpha value is -4.31. The van der Waals surface area contributed by atoms with Crippen LogP contribution in [0.25, 0.3) is 0 Å². The zero-order chi connectivity index (χ0) is 35.0. The normalized spacial score (nSPS) is 16.2. The maximum absolute atomic E-state index is 13.8. The zero-order valence-corrected chi connectivity index (χ0v) is 29.5. The number of nitrogens with zero attached hydrogens (tertiary/aromatic N) is 1. The molecule has 0 saturated heterocycles. The number of aliphatic hydroxyl groups is 1. The van der Waals surface area contributed by atoms with Gasteiger partial charge in [0.25, 0.3) is 11.5 Å². The summed E-state index contributed by atoms with van der Waals surface area (Å²) in [6, 6.07) is 14.1. The molecular formula is C38H52N4O6. The fourth-order valence-corrected chi connectivity index (χ4v) is 6.49. The molecule has 1 aliphatic carbocycles. The van der Waals surface area contributed by atoms with Gasteiger partial charge in [0.05, 0.1) is 6.61 Å². The summed E-state index contributed by atoms with van der Waals surface area (Å²) < 4.78 is 11.0. The van der Waals surface area contributed by atoms with E-state index in [1.165, 1.54) is 0 Å². The van der Waals surface area contributed by atoms with Crippen molar-refractivity contribution >= 4 is 17.7 Å². The predicted molar refractivity (Wildman–Crippen MR) is 189 cm³/mol. The minimum Gasteiger partial charge on any atom is -0.491 e. The molecule has 0 spiro atoms. The quantitative estimate of drug-likeness (QED) is 0.192. The Morgan fingerprint density at radius 3 is 2.29 bits per heavy atom. The van der Waals surface area contributed by atoms with E-state index in [2.05, 4.69) is 33.5 Å². The molecule has 2 aromatic carbocycles. The second-order valence-electron chi connectivity index (χ2n) is 13.7. The number of ether oxygens (including phenoxy) is 2. The average Bonchev–Trinajstić information content (AvgIpc) is 3.01. The second-order valence-corrected chi connectivity index (χ2v) is 13.7. The molecule has 260 valence electrons. The molecule has 1 fully saturated rings. The fourth-order valence-electron chi connectivity index (χ4n) is 6.49. The van der Waals surface area contributed by atoms with Crippen LogP contribution in [0.15, 0.2) is 47.3 Å². The Labute approximate surface area is 284 Å². The number of hydrogen-bond acceptors (Lipinski definition) is 7. The molecular weight excluding hydrogens is 608 g/mol. The van der Waals surface area contributed by atoms with Crippen LogP contribution < -0.4 is 25.8 Å². The van der Waals surface area contributed by atoms with E-state index in [-0.39, 0.29) is 49.4 Å². The van der Waals surface area contributed by atoms with Crippen LogP contribution >= 0.6 is 0 Å². The largest absolute Gasteiger partial charge is 0.491 e. The molecule has 10 heteroatoms. The van der Waals surface area contributed by atoms with Crippen LogP contribution in [0.4, 0.5) is 10.5 Å². The molecule has 1 heterocycles. The molecule has 0 aliphatic heterocycles. The standard InChI is InChI=1S/C38H52N4O6/c1-8-42(30-13-11-29(12-14-30)41-37(46)48-38(5,6)7)34-22-28(20-27-9-15-31(16-10-27)47-18-17-43)21-32(26(34)4)35(44)39-23-33-24(2)19-25(3)40-36(33)45/h9-10,15-16,19,21-22,29-30,43H,8,11-14,17-18,20,23H2,1-7H3,(H,39,44)(H,40,45)(H,41,46). The van der Waals surface area contributed by atoms with Gasteiger partial charge >= 0.3 is 6.09 Å². The van der Waals surface area contributed by atoms with Crippen LogP contribution in [0.3, 0.4) is 0 Å². The summed E-state index contributed by atoms with van der Waals surface area (Å²) >= 11 is 0. The lowest BCUT2D eigenvalue weighted by atomic mass is 9.89. The number of nitrogens with one attached hydrogen (secondary N) is 3. The van der Waals surface area contributed by atoms with Gasteiger partial charge in [0.1, 0.15) is 18.0 Å². The summed E-state index contributed by atoms with van der Waals surface area (Å²) in [5, 5.41) is 15.1. The van der Waals surface area contributed by atoms with Crippen molar-refractivity contribution < 1.29 is 24.2 Å². The van der Waals surface area contributed by atoms with E-state index in [0.717, 1.165) is 65.9 Å². The van der Waals surface area contributed by atoms with Crippen molar-refractivity contribution in [2.75, 3.05) is 24.7 Å². The van der Waals surface area contributed by atoms with Crippen LogP contribution in [0, 0.1) is 20.8 Å². The lowest BCUT2D eigenvalue weighted by Gasteiger charge is -2.39. The number of aromatic nitrogens is 1. The third-order valence-corrected chi connectivity index (χ3v) is 8.80. The average molecular weight is 661 g/mol. The third kappa shape index (κ3) is 9.86. The van der Waals surface area contributed by atoms with Gasteiger partial charge in [-0.2, -0.15) is 0 Å². The summed E-state index contributed by atoms with van der Waals surface area (Å²) in [7, 11) is 0. The van der Waals surface area contributed by atoms with Gasteiger partial charge in [-0.05, 0) is 133 Å². The number of aromatic amines is 1. The maximum atomic E-state index is 13.8. The molecule has 48 heavy (non-hydrogen) atoms. The SMILES string of the molecule is CCN(c1cc(Cc2ccc(OCCO)cc2)cc(C(=O)NCc2c(C)cc(C)[nH]c2=O)c1C)C1CCC(NC(=O)OC(C)(C)C)CC1. The number of amides is 2. The van der Waals surface area contributed by atoms with E-state index in [1.54, 1.807) is 0 Å².